The van der Waals surface area contributed by atoms with Crippen LogP contribution in [0.4, 0.5) is 4.79 Å². The van der Waals surface area contributed by atoms with Gasteiger partial charge in [-0.05, 0) is 32.6 Å². The van der Waals surface area contributed by atoms with Gasteiger partial charge in [0.05, 0.1) is 0 Å². The van der Waals surface area contributed by atoms with Crippen LogP contribution in [0.25, 0.3) is 0 Å². The summed E-state index contributed by atoms with van der Waals surface area (Å²) < 4.78 is 0. The fraction of sp³-hybridized carbons (Fsp3) is 0.833. The van der Waals surface area contributed by atoms with E-state index in [1.807, 2.05) is 6.92 Å². The predicted molar refractivity (Wildman–Crippen MR) is 62.8 cm³/mol. The largest absolute Gasteiger partial charge is 0.480 e. The van der Waals surface area contributed by atoms with Gasteiger partial charge in [0.15, 0.2) is 0 Å². The maximum absolute atomic E-state index is 12.1. The third-order valence-corrected chi connectivity index (χ3v) is 3.80. The van der Waals surface area contributed by atoms with Crippen molar-refractivity contribution >= 4 is 12.0 Å². The number of hydrogen-bond donors (Lipinski definition) is 2. The Bertz CT molecular complexity index is 320. The fourth-order valence-electron chi connectivity index (χ4n) is 2.60. The molecule has 5 heteroatoms. The molecule has 2 saturated carbocycles. The summed E-state index contributed by atoms with van der Waals surface area (Å²) in [7, 11) is 0. The van der Waals surface area contributed by atoms with E-state index in [0.29, 0.717) is 25.4 Å². The van der Waals surface area contributed by atoms with Crippen molar-refractivity contribution in [2.45, 2.75) is 57.0 Å². The highest BCUT2D eigenvalue weighted by atomic mass is 16.4. The lowest BCUT2D eigenvalue weighted by atomic mass is 9.98. The van der Waals surface area contributed by atoms with Crippen LogP contribution in [0.2, 0.25) is 0 Å². The molecule has 0 spiro atoms. The van der Waals surface area contributed by atoms with Crippen LogP contribution in [0.1, 0.15) is 45.4 Å². The number of carboxylic acid groups (broad SMARTS) is 1. The van der Waals surface area contributed by atoms with Gasteiger partial charge < -0.3 is 15.3 Å². The lowest BCUT2D eigenvalue weighted by molar-refractivity contribution is -0.144. The summed E-state index contributed by atoms with van der Waals surface area (Å²) in [6, 6.07) is 0.117. The molecule has 0 radical (unpaired) electrons. The minimum Gasteiger partial charge on any atom is -0.480 e. The minimum absolute atomic E-state index is 0.209. The van der Waals surface area contributed by atoms with Gasteiger partial charge in [-0.25, -0.2) is 9.59 Å². The molecule has 96 valence electrons. The van der Waals surface area contributed by atoms with Crippen molar-refractivity contribution in [3.63, 3.8) is 0 Å². The summed E-state index contributed by atoms with van der Waals surface area (Å²) in [6.45, 7) is 2.58. The number of nitrogens with zero attached hydrogens (tertiary/aromatic N) is 1. The number of amides is 2. The van der Waals surface area contributed by atoms with Crippen molar-refractivity contribution in [1.29, 1.82) is 0 Å². The minimum atomic E-state index is -1.01. The van der Waals surface area contributed by atoms with E-state index >= 15 is 0 Å². The van der Waals surface area contributed by atoms with E-state index in [1.165, 1.54) is 0 Å². The number of carbonyl (C=O) groups is 2. The highest BCUT2D eigenvalue weighted by Gasteiger charge is 2.44. The SMILES string of the molecule is CCN(C(=O)NC1(C(=O)O)CCCC1)C1CC1. The first kappa shape index (κ1) is 12.2. The van der Waals surface area contributed by atoms with E-state index in [4.69, 9.17) is 0 Å². The number of rotatable bonds is 4. The molecule has 2 aliphatic carbocycles. The molecule has 2 N–H and O–H groups in total. The fourth-order valence-corrected chi connectivity index (χ4v) is 2.60. The van der Waals surface area contributed by atoms with Crippen molar-refractivity contribution in [1.82, 2.24) is 10.2 Å². The van der Waals surface area contributed by atoms with Gasteiger partial charge in [0.2, 0.25) is 0 Å². The first-order valence-electron chi connectivity index (χ1n) is 6.41. The Morgan fingerprint density at radius 1 is 1.35 bits per heavy atom. The van der Waals surface area contributed by atoms with Crippen molar-refractivity contribution < 1.29 is 14.7 Å². The molecule has 2 fully saturated rings. The summed E-state index contributed by atoms with van der Waals surface area (Å²) >= 11 is 0. The summed E-state index contributed by atoms with van der Waals surface area (Å²) in [4.78, 5) is 25.1. The molecular formula is C12H20N2O3. The van der Waals surface area contributed by atoms with Crippen molar-refractivity contribution in [2.75, 3.05) is 6.54 Å². The molecule has 5 nitrogen and oxygen atoms in total. The van der Waals surface area contributed by atoms with Crippen LogP contribution in [0.5, 0.6) is 0 Å². The Kier molecular flexibility index (Phi) is 3.26. The summed E-state index contributed by atoms with van der Waals surface area (Å²) in [5.74, 6) is -0.893. The second-order valence-electron chi connectivity index (χ2n) is 5.04. The molecule has 0 bridgehead atoms. The number of nitrogens with one attached hydrogen (secondary N) is 1. The van der Waals surface area contributed by atoms with Gasteiger partial charge in [-0.15, -0.1) is 0 Å². The number of aliphatic carboxylic acids is 1. The standard InChI is InChI=1S/C12H20N2O3/c1-2-14(9-5-6-9)11(17)13-12(10(15)16)7-3-4-8-12/h9H,2-8H2,1H3,(H,13,17)(H,15,16). The normalized spacial score (nSPS) is 22.2. The third kappa shape index (κ3) is 2.37. The molecule has 0 saturated heterocycles. The Balaban J connectivity index is 2.02. The second-order valence-corrected chi connectivity index (χ2v) is 5.04. The number of carbonyl (C=O) groups excluding carboxylic acids is 1. The molecule has 0 unspecified atom stereocenters. The average molecular weight is 240 g/mol. The van der Waals surface area contributed by atoms with E-state index in [1.54, 1.807) is 4.90 Å². The van der Waals surface area contributed by atoms with Crippen LogP contribution in [0.3, 0.4) is 0 Å². The Morgan fingerprint density at radius 2 is 1.94 bits per heavy atom. The lowest BCUT2D eigenvalue weighted by Crippen LogP contribution is -2.56. The maximum Gasteiger partial charge on any atom is 0.329 e. The van der Waals surface area contributed by atoms with Gasteiger partial charge >= 0.3 is 12.0 Å². The highest BCUT2D eigenvalue weighted by molar-refractivity contribution is 5.86. The molecule has 2 aliphatic rings. The molecule has 17 heavy (non-hydrogen) atoms. The molecule has 0 heterocycles. The van der Waals surface area contributed by atoms with E-state index < -0.39 is 11.5 Å². The number of hydrogen-bond acceptors (Lipinski definition) is 2. The average Bonchev–Trinajstić information content (AvgIpc) is 2.98. The predicted octanol–water partition coefficient (Wildman–Crippen LogP) is 1.58. The van der Waals surface area contributed by atoms with Gasteiger partial charge in [0, 0.05) is 12.6 Å². The van der Waals surface area contributed by atoms with Gasteiger partial charge in [-0.1, -0.05) is 12.8 Å². The molecule has 0 aliphatic heterocycles. The Hall–Kier alpha value is -1.26. The van der Waals surface area contributed by atoms with Crippen LogP contribution in [0.15, 0.2) is 0 Å². The Morgan fingerprint density at radius 3 is 2.35 bits per heavy atom. The number of carboxylic acids is 1. The van der Waals surface area contributed by atoms with Crippen molar-refractivity contribution in [3.8, 4) is 0 Å². The second kappa shape index (κ2) is 4.55. The van der Waals surface area contributed by atoms with Gasteiger partial charge in [-0.2, -0.15) is 0 Å². The monoisotopic (exact) mass is 240 g/mol. The number of urea groups is 1. The maximum atomic E-state index is 12.1. The molecule has 2 rings (SSSR count). The van der Waals surface area contributed by atoms with E-state index in [-0.39, 0.29) is 6.03 Å². The third-order valence-electron chi connectivity index (χ3n) is 3.80. The zero-order valence-electron chi connectivity index (χ0n) is 10.2. The van der Waals surface area contributed by atoms with Crippen LogP contribution >= 0.6 is 0 Å². The van der Waals surface area contributed by atoms with E-state index in [2.05, 4.69) is 5.32 Å². The van der Waals surface area contributed by atoms with Gasteiger partial charge in [-0.3, -0.25) is 0 Å². The molecule has 2 amide bonds. The van der Waals surface area contributed by atoms with E-state index in [0.717, 1.165) is 25.7 Å². The van der Waals surface area contributed by atoms with Crippen molar-refractivity contribution in [2.24, 2.45) is 0 Å². The summed E-state index contributed by atoms with van der Waals surface area (Å²) in [6.07, 6.45) is 4.94. The van der Waals surface area contributed by atoms with Gasteiger partial charge in [0.1, 0.15) is 5.54 Å². The molecule has 0 atom stereocenters. The highest BCUT2D eigenvalue weighted by Crippen LogP contribution is 2.31. The molecule has 0 aromatic rings. The quantitative estimate of drug-likeness (QED) is 0.783. The molecule has 0 aromatic heterocycles. The smallest absolute Gasteiger partial charge is 0.329 e. The summed E-state index contributed by atoms with van der Waals surface area (Å²) in [5.41, 5.74) is -1.01. The van der Waals surface area contributed by atoms with Crippen molar-refractivity contribution in [3.05, 3.63) is 0 Å². The first-order chi connectivity index (χ1) is 8.09. The Labute approximate surface area is 101 Å². The first-order valence-corrected chi connectivity index (χ1v) is 6.41. The van der Waals surface area contributed by atoms with Crippen LogP contribution in [0, 0.1) is 0 Å². The zero-order chi connectivity index (χ0) is 12.5. The van der Waals surface area contributed by atoms with Gasteiger partial charge in [0.25, 0.3) is 0 Å². The zero-order valence-corrected chi connectivity index (χ0v) is 10.2. The van der Waals surface area contributed by atoms with Crippen LogP contribution in [-0.4, -0.2) is 40.1 Å². The summed E-state index contributed by atoms with van der Waals surface area (Å²) in [5, 5.41) is 12.0. The lowest BCUT2D eigenvalue weighted by Gasteiger charge is -2.30. The van der Waals surface area contributed by atoms with E-state index in [9.17, 15) is 14.7 Å². The molecule has 0 aromatic carbocycles. The topological polar surface area (TPSA) is 69.6 Å². The van der Waals surface area contributed by atoms with Crippen LogP contribution < -0.4 is 5.32 Å². The van der Waals surface area contributed by atoms with Crippen LogP contribution in [-0.2, 0) is 4.79 Å². The molecular weight excluding hydrogens is 220 g/mol.